The standard InChI is InChI=1S/C38H30N2O3/c41-36(42)16-9-23-40-33-22-21-30(25-32(33)39-38(40)29-12-5-2-6-13-29)27-17-19-28(20-18-27)37-31-14-7-8-15-34(31)43-35(37)24-26-10-3-1-4-11-26/h1-8,10-15,17-22,25H,9,16,23-24H2,(H,41,42). The number of carboxylic acid groups (broad SMARTS) is 1. The zero-order chi connectivity index (χ0) is 29.2. The van der Waals surface area contributed by atoms with Crippen LogP contribution in [-0.4, -0.2) is 20.6 Å². The molecule has 0 unspecified atom stereocenters. The fraction of sp³-hybridized carbons (Fsp3) is 0.105. The van der Waals surface area contributed by atoms with Gasteiger partial charge in [-0.15, -0.1) is 0 Å². The van der Waals surface area contributed by atoms with Crippen LogP contribution in [-0.2, 0) is 17.8 Å². The van der Waals surface area contributed by atoms with E-state index < -0.39 is 5.97 Å². The molecule has 0 aliphatic carbocycles. The maximum atomic E-state index is 11.2. The van der Waals surface area contributed by atoms with Crippen molar-refractivity contribution in [3.8, 4) is 33.6 Å². The number of benzene rings is 5. The van der Waals surface area contributed by atoms with Gasteiger partial charge in [-0.3, -0.25) is 4.79 Å². The van der Waals surface area contributed by atoms with Crippen molar-refractivity contribution < 1.29 is 14.3 Å². The Morgan fingerprint density at radius 2 is 1.40 bits per heavy atom. The van der Waals surface area contributed by atoms with Crippen LogP contribution in [0.15, 0.2) is 132 Å². The monoisotopic (exact) mass is 562 g/mol. The molecule has 0 aliphatic rings. The molecule has 0 radical (unpaired) electrons. The summed E-state index contributed by atoms with van der Waals surface area (Å²) < 4.78 is 8.51. The molecule has 0 amide bonds. The van der Waals surface area contributed by atoms with Crippen LogP contribution in [0.4, 0.5) is 0 Å². The van der Waals surface area contributed by atoms with Gasteiger partial charge in [0.15, 0.2) is 0 Å². The molecule has 2 aromatic heterocycles. The highest BCUT2D eigenvalue weighted by Gasteiger charge is 2.17. The normalized spacial score (nSPS) is 11.3. The van der Waals surface area contributed by atoms with Crippen molar-refractivity contribution in [3.05, 3.63) is 139 Å². The molecule has 7 rings (SSSR count). The van der Waals surface area contributed by atoms with Gasteiger partial charge in [0, 0.05) is 35.9 Å². The second kappa shape index (κ2) is 11.5. The zero-order valence-electron chi connectivity index (χ0n) is 23.6. The smallest absolute Gasteiger partial charge is 0.303 e. The number of furan rings is 1. The first kappa shape index (κ1) is 26.5. The van der Waals surface area contributed by atoms with Gasteiger partial charge in [-0.05, 0) is 46.9 Å². The minimum atomic E-state index is -0.785. The molecule has 0 atom stereocenters. The van der Waals surface area contributed by atoms with E-state index in [1.807, 2.05) is 48.5 Å². The number of fused-ring (bicyclic) bond motifs is 2. The lowest BCUT2D eigenvalue weighted by molar-refractivity contribution is -0.137. The van der Waals surface area contributed by atoms with Crippen molar-refractivity contribution in [2.45, 2.75) is 25.8 Å². The highest BCUT2D eigenvalue weighted by Crippen LogP contribution is 2.37. The van der Waals surface area contributed by atoms with Crippen molar-refractivity contribution in [3.63, 3.8) is 0 Å². The summed E-state index contributed by atoms with van der Waals surface area (Å²) in [6.07, 6.45) is 1.39. The predicted octanol–water partition coefficient (Wildman–Crippen LogP) is 9.24. The van der Waals surface area contributed by atoms with Crippen LogP contribution >= 0.6 is 0 Å². The Kier molecular flexibility index (Phi) is 7.05. The molecule has 7 aromatic rings. The molecule has 210 valence electrons. The van der Waals surface area contributed by atoms with E-state index in [0.717, 1.165) is 67.8 Å². The van der Waals surface area contributed by atoms with E-state index >= 15 is 0 Å². The maximum Gasteiger partial charge on any atom is 0.303 e. The van der Waals surface area contributed by atoms with Gasteiger partial charge in [-0.25, -0.2) is 4.98 Å². The lowest BCUT2D eigenvalue weighted by Gasteiger charge is -2.09. The second-order valence-electron chi connectivity index (χ2n) is 10.8. The minimum Gasteiger partial charge on any atom is -0.481 e. The van der Waals surface area contributed by atoms with Gasteiger partial charge >= 0.3 is 5.97 Å². The average Bonchev–Trinajstić information content (AvgIpc) is 3.59. The van der Waals surface area contributed by atoms with Crippen molar-refractivity contribution >= 4 is 28.0 Å². The van der Waals surface area contributed by atoms with E-state index in [1.165, 1.54) is 5.56 Å². The molecule has 0 saturated heterocycles. The van der Waals surface area contributed by atoms with E-state index in [1.54, 1.807) is 0 Å². The molecule has 0 spiro atoms. The van der Waals surface area contributed by atoms with Crippen LogP contribution in [0.5, 0.6) is 0 Å². The SMILES string of the molecule is O=C(O)CCCn1c(-c2ccccc2)nc2cc(-c3ccc(-c4c(Cc5ccccc5)oc5ccccc45)cc3)ccc21. The minimum absolute atomic E-state index is 0.122. The number of carbonyl (C=O) groups is 1. The van der Waals surface area contributed by atoms with E-state index in [0.29, 0.717) is 13.0 Å². The van der Waals surface area contributed by atoms with Crippen molar-refractivity contribution in [1.82, 2.24) is 9.55 Å². The molecular weight excluding hydrogens is 532 g/mol. The molecule has 5 aromatic carbocycles. The summed E-state index contributed by atoms with van der Waals surface area (Å²) in [7, 11) is 0. The summed E-state index contributed by atoms with van der Waals surface area (Å²) in [6, 6.07) is 43.7. The quantitative estimate of drug-likeness (QED) is 0.190. The average molecular weight is 563 g/mol. The fourth-order valence-electron chi connectivity index (χ4n) is 5.88. The molecule has 5 nitrogen and oxygen atoms in total. The highest BCUT2D eigenvalue weighted by atomic mass is 16.4. The molecule has 5 heteroatoms. The molecule has 0 bridgehead atoms. The van der Waals surface area contributed by atoms with Crippen molar-refractivity contribution in [2.75, 3.05) is 0 Å². The van der Waals surface area contributed by atoms with E-state index in [2.05, 4.69) is 83.4 Å². The van der Waals surface area contributed by atoms with Gasteiger partial charge in [0.1, 0.15) is 17.2 Å². The third-order valence-corrected chi connectivity index (χ3v) is 7.94. The summed E-state index contributed by atoms with van der Waals surface area (Å²) in [4.78, 5) is 16.2. The van der Waals surface area contributed by atoms with Gasteiger partial charge in [0.05, 0.1) is 11.0 Å². The molecule has 0 fully saturated rings. The Balaban J connectivity index is 1.24. The van der Waals surface area contributed by atoms with Crippen LogP contribution in [0, 0.1) is 0 Å². The Hall–Kier alpha value is -5.42. The Labute approximate surface area is 249 Å². The van der Waals surface area contributed by atoms with Gasteiger partial charge in [-0.2, -0.15) is 0 Å². The number of rotatable bonds is 9. The van der Waals surface area contributed by atoms with Crippen molar-refractivity contribution in [2.24, 2.45) is 0 Å². The number of aromatic nitrogens is 2. The zero-order valence-corrected chi connectivity index (χ0v) is 23.6. The van der Waals surface area contributed by atoms with Gasteiger partial charge in [-0.1, -0.05) is 109 Å². The summed E-state index contributed by atoms with van der Waals surface area (Å²) in [5, 5.41) is 10.3. The number of para-hydroxylation sites is 1. The molecule has 0 saturated carbocycles. The Bertz CT molecular complexity index is 2040. The lowest BCUT2D eigenvalue weighted by Crippen LogP contribution is -2.03. The van der Waals surface area contributed by atoms with E-state index in [-0.39, 0.29) is 6.42 Å². The lowest BCUT2D eigenvalue weighted by atomic mass is 9.96. The number of nitrogens with zero attached hydrogens (tertiary/aromatic N) is 2. The highest BCUT2D eigenvalue weighted by molar-refractivity contribution is 5.96. The first-order valence-corrected chi connectivity index (χ1v) is 14.6. The van der Waals surface area contributed by atoms with E-state index in [9.17, 15) is 9.90 Å². The molecule has 0 aliphatic heterocycles. The summed E-state index contributed by atoms with van der Waals surface area (Å²) in [5.41, 5.74) is 9.44. The predicted molar refractivity (Wildman–Crippen MR) is 172 cm³/mol. The maximum absolute atomic E-state index is 11.2. The Morgan fingerprint density at radius 3 is 2.16 bits per heavy atom. The van der Waals surface area contributed by atoms with Crippen LogP contribution in [0.1, 0.15) is 24.2 Å². The third-order valence-electron chi connectivity index (χ3n) is 7.94. The van der Waals surface area contributed by atoms with Gasteiger partial charge < -0.3 is 14.1 Å². The summed E-state index contributed by atoms with van der Waals surface area (Å²) in [5.74, 6) is 1.03. The first-order chi connectivity index (χ1) is 21.1. The van der Waals surface area contributed by atoms with Gasteiger partial charge in [0.25, 0.3) is 0 Å². The third kappa shape index (κ3) is 5.33. The molecule has 2 heterocycles. The fourth-order valence-corrected chi connectivity index (χ4v) is 5.88. The summed E-state index contributed by atoms with van der Waals surface area (Å²) in [6.45, 7) is 0.588. The second-order valence-corrected chi connectivity index (χ2v) is 10.8. The Morgan fingerprint density at radius 1 is 0.721 bits per heavy atom. The number of aliphatic carboxylic acids is 1. The largest absolute Gasteiger partial charge is 0.481 e. The van der Waals surface area contributed by atoms with Crippen LogP contribution < -0.4 is 0 Å². The number of carboxylic acids is 1. The van der Waals surface area contributed by atoms with Crippen LogP contribution in [0.2, 0.25) is 0 Å². The first-order valence-electron chi connectivity index (χ1n) is 14.6. The van der Waals surface area contributed by atoms with Crippen LogP contribution in [0.3, 0.4) is 0 Å². The molecule has 43 heavy (non-hydrogen) atoms. The van der Waals surface area contributed by atoms with Gasteiger partial charge in [0.2, 0.25) is 0 Å². The number of aryl methyl sites for hydroxylation is 1. The van der Waals surface area contributed by atoms with E-state index in [4.69, 9.17) is 9.40 Å². The number of hydrogen-bond acceptors (Lipinski definition) is 3. The number of hydrogen-bond donors (Lipinski definition) is 1. The van der Waals surface area contributed by atoms with Crippen molar-refractivity contribution in [1.29, 1.82) is 0 Å². The topological polar surface area (TPSA) is 68.3 Å². The summed E-state index contributed by atoms with van der Waals surface area (Å²) >= 11 is 0. The molecule has 1 N–H and O–H groups in total. The number of imidazole rings is 1. The van der Waals surface area contributed by atoms with Crippen LogP contribution in [0.25, 0.3) is 55.6 Å². The molecular formula is C38H30N2O3.